The van der Waals surface area contributed by atoms with Gasteiger partial charge in [0, 0.05) is 11.6 Å². The fourth-order valence-electron chi connectivity index (χ4n) is 2.46. The summed E-state index contributed by atoms with van der Waals surface area (Å²) in [6.45, 7) is 0. The molecule has 0 radical (unpaired) electrons. The fraction of sp³-hybridized carbons (Fsp3) is 0.462. The van der Waals surface area contributed by atoms with E-state index in [4.69, 9.17) is 11.0 Å². The predicted molar refractivity (Wildman–Crippen MR) is 61.7 cm³/mol. The summed E-state index contributed by atoms with van der Waals surface area (Å²) >= 11 is 0. The third-order valence-electron chi connectivity index (χ3n) is 3.42. The molecule has 1 aromatic carbocycles. The summed E-state index contributed by atoms with van der Waals surface area (Å²) in [7, 11) is 0. The first-order valence-corrected chi connectivity index (χ1v) is 5.71. The van der Waals surface area contributed by atoms with Crippen LogP contribution in [0.2, 0.25) is 0 Å². The van der Waals surface area contributed by atoms with Crippen LogP contribution in [0.4, 0.5) is 0 Å². The van der Waals surface area contributed by atoms with E-state index >= 15 is 0 Å². The lowest BCUT2D eigenvalue weighted by atomic mass is 9.91. The molecule has 3 N–H and O–H groups in total. The van der Waals surface area contributed by atoms with Crippen LogP contribution in [0.1, 0.15) is 42.9 Å². The van der Waals surface area contributed by atoms with Crippen LogP contribution in [0.3, 0.4) is 0 Å². The molecule has 1 fully saturated rings. The Bertz CT molecular complexity index is 416. The zero-order chi connectivity index (χ0) is 11.5. The van der Waals surface area contributed by atoms with Gasteiger partial charge in [0.1, 0.15) is 5.75 Å². The molecule has 16 heavy (non-hydrogen) atoms. The van der Waals surface area contributed by atoms with Crippen molar-refractivity contribution >= 4 is 0 Å². The van der Waals surface area contributed by atoms with Crippen LogP contribution < -0.4 is 5.73 Å². The highest BCUT2D eigenvalue weighted by Crippen LogP contribution is 2.37. The largest absolute Gasteiger partial charge is 0.508 e. The zero-order valence-corrected chi connectivity index (χ0v) is 9.19. The lowest BCUT2D eigenvalue weighted by Gasteiger charge is -2.20. The summed E-state index contributed by atoms with van der Waals surface area (Å²) in [5.74, 6) is 0.651. The normalized spacial score (nSPS) is 18.2. The highest BCUT2D eigenvalue weighted by Gasteiger charge is 2.25. The van der Waals surface area contributed by atoms with Crippen LogP contribution in [0.25, 0.3) is 0 Å². The first-order valence-electron chi connectivity index (χ1n) is 5.71. The Morgan fingerprint density at radius 2 is 2.06 bits per heavy atom. The summed E-state index contributed by atoms with van der Waals surface area (Å²) < 4.78 is 0. The number of hydrogen-bond acceptors (Lipinski definition) is 3. The molecule has 84 valence electrons. The van der Waals surface area contributed by atoms with Crippen molar-refractivity contribution in [2.24, 2.45) is 11.7 Å². The zero-order valence-electron chi connectivity index (χ0n) is 9.19. The van der Waals surface area contributed by atoms with E-state index in [9.17, 15) is 5.11 Å². The van der Waals surface area contributed by atoms with Crippen LogP contribution in [-0.4, -0.2) is 5.11 Å². The van der Waals surface area contributed by atoms with E-state index in [1.165, 1.54) is 12.8 Å². The summed E-state index contributed by atoms with van der Waals surface area (Å²) in [5, 5.41) is 18.6. The maximum absolute atomic E-state index is 9.77. The summed E-state index contributed by atoms with van der Waals surface area (Å²) in [6, 6.07) is 6.81. The monoisotopic (exact) mass is 216 g/mol. The van der Waals surface area contributed by atoms with Crippen molar-refractivity contribution in [2.45, 2.75) is 31.7 Å². The molecule has 1 aliphatic carbocycles. The molecule has 0 aromatic heterocycles. The number of nitriles is 1. The number of nitrogens with two attached hydrogens (primary N) is 1. The highest BCUT2D eigenvalue weighted by atomic mass is 16.3. The van der Waals surface area contributed by atoms with Gasteiger partial charge >= 0.3 is 0 Å². The minimum absolute atomic E-state index is 0.143. The Morgan fingerprint density at radius 1 is 1.38 bits per heavy atom. The highest BCUT2D eigenvalue weighted by molar-refractivity contribution is 5.43. The molecular formula is C13H16N2O. The lowest BCUT2D eigenvalue weighted by molar-refractivity contribution is 0.412. The van der Waals surface area contributed by atoms with Crippen molar-refractivity contribution < 1.29 is 5.11 Å². The predicted octanol–water partition coefficient (Wildman–Crippen LogP) is 2.45. The van der Waals surface area contributed by atoms with Crippen LogP contribution in [0.5, 0.6) is 5.75 Å². The van der Waals surface area contributed by atoms with Crippen molar-refractivity contribution in [3.8, 4) is 11.8 Å². The molecule has 1 aliphatic rings. The summed E-state index contributed by atoms with van der Waals surface area (Å²) in [4.78, 5) is 0. The van der Waals surface area contributed by atoms with E-state index in [2.05, 4.69) is 6.07 Å². The number of nitrogens with zero attached hydrogens (tertiary/aromatic N) is 1. The van der Waals surface area contributed by atoms with Gasteiger partial charge in [0.05, 0.1) is 11.6 Å². The minimum Gasteiger partial charge on any atom is -0.508 e. The summed E-state index contributed by atoms with van der Waals surface area (Å²) in [5.41, 5.74) is 7.43. The van der Waals surface area contributed by atoms with Crippen molar-refractivity contribution in [1.82, 2.24) is 0 Å². The van der Waals surface area contributed by atoms with Gasteiger partial charge in [-0.05, 0) is 37.0 Å². The van der Waals surface area contributed by atoms with E-state index in [0.717, 1.165) is 12.8 Å². The summed E-state index contributed by atoms with van der Waals surface area (Å²) in [6.07, 6.45) is 4.68. The second kappa shape index (κ2) is 4.54. The molecule has 1 saturated carbocycles. The third kappa shape index (κ3) is 2.02. The Kier molecular flexibility index (Phi) is 3.12. The third-order valence-corrected chi connectivity index (χ3v) is 3.42. The van der Waals surface area contributed by atoms with Gasteiger partial charge in [-0.25, -0.2) is 0 Å². The quantitative estimate of drug-likeness (QED) is 0.797. The first kappa shape index (κ1) is 11.0. The molecule has 1 atom stereocenters. The van der Waals surface area contributed by atoms with E-state index in [0.29, 0.717) is 17.0 Å². The van der Waals surface area contributed by atoms with Gasteiger partial charge in [0.25, 0.3) is 0 Å². The number of benzene rings is 1. The second-order valence-corrected chi connectivity index (χ2v) is 4.46. The van der Waals surface area contributed by atoms with Crippen LogP contribution >= 0.6 is 0 Å². The number of aromatic hydroxyl groups is 1. The van der Waals surface area contributed by atoms with Crippen molar-refractivity contribution in [3.63, 3.8) is 0 Å². The molecule has 0 spiro atoms. The average molecular weight is 216 g/mol. The molecule has 3 nitrogen and oxygen atoms in total. The average Bonchev–Trinajstić information content (AvgIpc) is 2.82. The van der Waals surface area contributed by atoms with Crippen LogP contribution in [-0.2, 0) is 0 Å². The van der Waals surface area contributed by atoms with Crippen molar-refractivity contribution in [2.75, 3.05) is 0 Å². The Balaban J connectivity index is 2.27. The van der Waals surface area contributed by atoms with Gasteiger partial charge < -0.3 is 10.8 Å². The molecule has 0 saturated heterocycles. The Morgan fingerprint density at radius 3 is 2.69 bits per heavy atom. The molecule has 0 amide bonds. The van der Waals surface area contributed by atoms with E-state index in [-0.39, 0.29) is 11.8 Å². The number of phenols is 1. The Labute approximate surface area is 95.5 Å². The molecule has 0 aliphatic heterocycles. The van der Waals surface area contributed by atoms with E-state index in [1.54, 1.807) is 18.2 Å². The van der Waals surface area contributed by atoms with Gasteiger partial charge in [-0.1, -0.05) is 12.8 Å². The number of rotatable bonds is 2. The maximum atomic E-state index is 9.77. The molecule has 0 unspecified atom stereocenters. The van der Waals surface area contributed by atoms with E-state index < -0.39 is 0 Å². The van der Waals surface area contributed by atoms with Gasteiger partial charge in [0.15, 0.2) is 0 Å². The van der Waals surface area contributed by atoms with Crippen molar-refractivity contribution in [1.29, 1.82) is 5.26 Å². The molecule has 0 bridgehead atoms. The maximum Gasteiger partial charge on any atom is 0.120 e. The second-order valence-electron chi connectivity index (χ2n) is 4.46. The van der Waals surface area contributed by atoms with Crippen LogP contribution in [0.15, 0.2) is 18.2 Å². The van der Waals surface area contributed by atoms with Crippen molar-refractivity contribution in [3.05, 3.63) is 29.3 Å². The van der Waals surface area contributed by atoms with E-state index in [1.807, 2.05) is 0 Å². The molecule has 0 heterocycles. The SMILES string of the molecule is N#Cc1ccc(O)c([C@@H](N)C2CCCC2)c1. The fourth-order valence-corrected chi connectivity index (χ4v) is 2.46. The molecular weight excluding hydrogens is 200 g/mol. The number of phenolic OH excluding ortho intramolecular Hbond substituents is 1. The molecule has 3 heteroatoms. The smallest absolute Gasteiger partial charge is 0.120 e. The molecule has 1 aromatic rings. The molecule has 2 rings (SSSR count). The first-order chi connectivity index (χ1) is 7.72. The topological polar surface area (TPSA) is 70.0 Å². The van der Waals surface area contributed by atoms with Gasteiger partial charge in [0.2, 0.25) is 0 Å². The van der Waals surface area contributed by atoms with Crippen LogP contribution in [0, 0.1) is 17.2 Å². The number of hydrogen-bond donors (Lipinski definition) is 2. The van der Waals surface area contributed by atoms with Gasteiger partial charge in [-0.3, -0.25) is 0 Å². The standard InChI is InChI=1S/C13H16N2O/c14-8-9-5-6-12(16)11(7-9)13(15)10-3-1-2-4-10/h5-7,10,13,16H,1-4,15H2/t13-/m0/s1. The lowest BCUT2D eigenvalue weighted by Crippen LogP contribution is -2.19. The van der Waals surface area contributed by atoms with Gasteiger partial charge in [-0.2, -0.15) is 5.26 Å². The Hall–Kier alpha value is -1.53. The minimum atomic E-state index is -0.143. The van der Waals surface area contributed by atoms with Gasteiger partial charge in [-0.15, -0.1) is 0 Å².